The summed E-state index contributed by atoms with van der Waals surface area (Å²) in [4.78, 5) is 7.66. The molecule has 1 aromatic rings. The summed E-state index contributed by atoms with van der Waals surface area (Å²) < 4.78 is 5.64. The van der Waals surface area contributed by atoms with Crippen LogP contribution in [0.15, 0.2) is 24.3 Å². The molecular weight excluding hydrogens is 326 g/mol. The molecule has 2 saturated heterocycles. The van der Waals surface area contributed by atoms with Crippen molar-refractivity contribution in [3.8, 4) is 5.75 Å². The second-order valence-corrected chi connectivity index (χ2v) is 7.75. The molecule has 26 heavy (non-hydrogen) atoms. The summed E-state index contributed by atoms with van der Waals surface area (Å²) >= 11 is 0. The Morgan fingerprint density at radius 3 is 2.69 bits per heavy atom. The number of hydrogen-bond acceptors (Lipinski definition) is 5. The molecule has 0 saturated carbocycles. The summed E-state index contributed by atoms with van der Waals surface area (Å²) in [7, 11) is 2.22. The van der Waals surface area contributed by atoms with E-state index in [0.29, 0.717) is 18.7 Å². The molecule has 2 aliphatic heterocycles. The third kappa shape index (κ3) is 5.19. The summed E-state index contributed by atoms with van der Waals surface area (Å²) in [6, 6.07) is 9.61. The SMILES string of the molecule is CCOc1cccc(CN2CCN(C3CCN(C)CC3)C(CCO)C2)c1. The molecule has 5 nitrogen and oxygen atoms in total. The zero-order chi connectivity index (χ0) is 18.4. The van der Waals surface area contributed by atoms with Crippen LogP contribution in [0.5, 0.6) is 5.75 Å². The Morgan fingerprint density at radius 2 is 1.96 bits per heavy atom. The molecule has 5 heteroatoms. The number of rotatable bonds is 7. The first-order chi connectivity index (χ1) is 12.7. The van der Waals surface area contributed by atoms with Gasteiger partial charge in [0.25, 0.3) is 0 Å². The van der Waals surface area contributed by atoms with Crippen LogP contribution in [0.2, 0.25) is 0 Å². The molecule has 2 aliphatic rings. The number of nitrogens with zero attached hydrogens (tertiary/aromatic N) is 3. The van der Waals surface area contributed by atoms with E-state index < -0.39 is 0 Å². The summed E-state index contributed by atoms with van der Waals surface area (Å²) in [6.45, 7) is 9.63. The molecule has 0 aromatic heterocycles. The number of likely N-dealkylation sites (tertiary alicyclic amines) is 1. The number of piperidine rings is 1. The zero-order valence-electron chi connectivity index (χ0n) is 16.4. The highest BCUT2D eigenvalue weighted by Crippen LogP contribution is 2.24. The van der Waals surface area contributed by atoms with Crippen molar-refractivity contribution in [3.63, 3.8) is 0 Å². The average Bonchev–Trinajstić information content (AvgIpc) is 2.64. The lowest BCUT2D eigenvalue weighted by Crippen LogP contribution is -2.58. The van der Waals surface area contributed by atoms with Crippen molar-refractivity contribution in [2.24, 2.45) is 0 Å². The van der Waals surface area contributed by atoms with Gasteiger partial charge in [-0.3, -0.25) is 9.80 Å². The van der Waals surface area contributed by atoms with Crippen molar-refractivity contribution in [2.45, 2.75) is 44.8 Å². The third-order valence-corrected chi connectivity index (χ3v) is 5.85. The van der Waals surface area contributed by atoms with E-state index in [2.05, 4.69) is 39.9 Å². The monoisotopic (exact) mass is 361 g/mol. The highest BCUT2D eigenvalue weighted by molar-refractivity contribution is 5.28. The van der Waals surface area contributed by atoms with E-state index in [0.717, 1.165) is 38.3 Å². The largest absolute Gasteiger partial charge is 0.494 e. The van der Waals surface area contributed by atoms with Crippen LogP contribution in [-0.2, 0) is 6.54 Å². The predicted molar refractivity (Wildman–Crippen MR) is 106 cm³/mol. The van der Waals surface area contributed by atoms with Crippen LogP contribution in [-0.4, -0.2) is 84.9 Å². The molecule has 146 valence electrons. The Morgan fingerprint density at radius 1 is 1.15 bits per heavy atom. The van der Waals surface area contributed by atoms with Gasteiger partial charge in [-0.2, -0.15) is 0 Å². The number of benzene rings is 1. The van der Waals surface area contributed by atoms with Crippen molar-refractivity contribution in [1.82, 2.24) is 14.7 Å². The van der Waals surface area contributed by atoms with Crippen LogP contribution in [0.25, 0.3) is 0 Å². The van der Waals surface area contributed by atoms with E-state index in [9.17, 15) is 5.11 Å². The van der Waals surface area contributed by atoms with E-state index in [1.54, 1.807) is 0 Å². The highest BCUT2D eigenvalue weighted by Gasteiger charge is 2.32. The molecule has 0 aliphatic carbocycles. The van der Waals surface area contributed by atoms with Gasteiger partial charge in [0.15, 0.2) is 0 Å². The molecule has 0 spiro atoms. The lowest BCUT2D eigenvalue weighted by Gasteiger charge is -2.47. The number of piperazine rings is 1. The summed E-state index contributed by atoms with van der Waals surface area (Å²) in [5.74, 6) is 0.960. The lowest BCUT2D eigenvalue weighted by atomic mass is 9.98. The minimum Gasteiger partial charge on any atom is -0.494 e. The maximum Gasteiger partial charge on any atom is 0.119 e. The standard InChI is InChI=1S/C21H35N3O2/c1-3-26-21-6-4-5-18(15-21)16-23-12-13-24(20(17-23)9-14-25)19-7-10-22(2)11-8-19/h4-6,15,19-20,25H,3,7-14,16-17H2,1-2H3. The van der Waals surface area contributed by atoms with Gasteiger partial charge in [-0.25, -0.2) is 0 Å². The lowest BCUT2D eigenvalue weighted by molar-refractivity contribution is 0.00598. The normalized spacial score (nSPS) is 24.0. The minimum absolute atomic E-state index is 0.279. The van der Waals surface area contributed by atoms with Gasteiger partial charge in [-0.15, -0.1) is 0 Å². The van der Waals surface area contributed by atoms with Gasteiger partial charge in [0.2, 0.25) is 0 Å². The fourth-order valence-electron chi connectivity index (χ4n) is 4.45. The van der Waals surface area contributed by atoms with Crippen molar-refractivity contribution in [1.29, 1.82) is 0 Å². The van der Waals surface area contributed by atoms with E-state index >= 15 is 0 Å². The second-order valence-electron chi connectivity index (χ2n) is 7.75. The topological polar surface area (TPSA) is 39.2 Å². The summed E-state index contributed by atoms with van der Waals surface area (Å²) in [5.41, 5.74) is 1.31. The van der Waals surface area contributed by atoms with Gasteiger partial charge in [0.05, 0.1) is 6.61 Å². The molecule has 2 fully saturated rings. The van der Waals surface area contributed by atoms with Crippen molar-refractivity contribution >= 4 is 0 Å². The van der Waals surface area contributed by atoms with Crippen LogP contribution in [0.1, 0.15) is 31.7 Å². The predicted octanol–water partition coefficient (Wildman–Crippen LogP) is 2.05. The Hall–Kier alpha value is -1.14. The van der Waals surface area contributed by atoms with Gasteiger partial charge in [0, 0.05) is 44.9 Å². The Balaban J connectivity index is 1.59. The fourth-order valence-corrected chi connectivity index (χ4v) is 4.45. The van der Waals surface area contributed by atoms with E-state index in [4.69, 9.17) is 4.74 Å². The molecule has 1 aromatic carbocycles. The smallest absolute Gasteiger partial charge is 0.119 e. The number of aliphatic hydroxyl groups is 1. The quantitative estimate of drug-likeness (QED) is 0.805. The second kappa shape index (κ2) is 9.70. The first-order valence-electron chi connectivity index (χ1n) is 10.2. The minimum atomic E-state index is 0.279. The Labute approximate surface area is 158 Å². The van der Waals surface area contributed by atoms with E-state index in [1.165, 1.54) is 31.5 Å². The molecule has 0 radical (unpaired) electrons. The van der Waals surface area contributed by atoms with Crippen molar-refractivity contribution in [3.05, 3.63) is 29.8 Å². The molecule has 2 heterocycles. The van der Waals surface area contributed by atoms with Crippen molar-refractivity contribution in [2.75, 3.05) is 53.0 Å². The average molecular weight is 362 g/mol. The van der Waals surface area contributed by atoms with Crippen LogP contribution in [0.4, 0.5) is 0 Å². The van der Waals surface area contributed by atoms with E-state index in [1.807, 2.05) is 13.0 Å². The Bertz CT molecular complexity index is 546. The molecule has 0 bridgehead atoms. The van der Waals surface area contributed by atoms with Crippen LogP contribution in [0, 0.1) is 0 Å². The number of ether oxygens (including phenoxy) is 1. The molecule has 1 unspecified atom stereocenters. The number of aliphatic hydroxyl groups excluding tert-OH is 1. The first-order valence-corrected chi connectivity index (χ1v) is 10.2. The Kier molecular flexibility index (Phi) is 7.32. The van der Waals surface area contributed by atoms with Gasteiger partial charge in [-0.1, -0.05) is 12.1 Å². The molecular formula is C21H35N3O2. The van der Waals surface area contributed by atoms with Crippen LogP contribution in [0.3, 0.4) is 0 Å². The van der Waals surface area contributed by atoms with Gasteiger partial charge < -0.3 is 14.7 Å². The van der Waals surface area contributed by atoms with Gasteiger partial charge in [-0.05, 0) is 64.0 Å². The maximum absolute atomic E-state index is 9.58. The van der Waals surface area contributed by atoms with Crippen LogP contribution >= 0.6 is 0 Å². The maximum atomic E-state index is 9.58. The molecule has 3 rings (SSSR count). The van der Waals surface area contributed by atoms with Crippen LogP contribution < -0.4 is 4.74 Å². The fraction of sp³-hybridized carbons (Fsp3) is 0.714. The van der Waals surface area contributed by atoms with Gasteiger partial charge >= 0.3 is 0 Å². The molecule has 1 N–H and O–H groups in total. The van der Waals surface area contributed by atoms with Crippen molar-refractivity contribution < 1.29 is 9.84 Å². The summed E-state index contributed by atoms with van der Waals surface area (Å²) in [5, 5.41) is 9.58. The third-order valence-electron chi connectivity index (χ3n) is 5.85. The highest BCUT2D eigenvalue weighted by atomic mass is 16.5. The van der Waals surface area contributed by atoms with Gasteiger partial charge in [0.1, 0.15) is 5.75 Å². The zero-order valence-corrected chi connectivity index (χ0v) is 16.4. The summed E-state index contributed by atoms with van der Waals surface area (Å²) in [6.07, 6.45) is 3.39. The van der Waals surface area contributed by atoms with E-state index in [-0.39, 0.29) is 6.61 Å². The molecule has 0 amide bonds. The number of hydrogen-bond donors (Lipinski definition) is 1. The first kappa shape index (κ1) is 19.6. The molecule has 1 atom stereocenters.